The largest absolute Gasteiger partial charge is 0.508 e. The minimum absolute atomic E-state index is 0.00646. The third-order valence-electron chi connectivity index (χ3n) is 3.18. The van der Waals surface area contributed by atoms with Crippen molar-refractivity contribution in [1.29, 1.82) is 0 Å². The minimum atomic E-state index is 0.00646. The van der Waals surface area contributed by atoms with Gasteiger partial charge in [-0.05, 0) is 32.9 Å². The molecule has 0 radical (unpaired) electrons. The van der Waals surface area contributed by atoms with Gasteiger partial charge < -0.3 is 14.8 Å². The lowest BCUT2D eigenvalue weighted by molar-refractivity contribution is 0.101. The van der Waals surface area contributed by atoms with Crippen molar-refractivity contribution in [3.8, 4) is 22.6 Å². The lowest BCUT2D eigenvalue weighted by Gasteiger charge is -2.10. The van der Waals surface area contributed by atoms with Gasteiger partial charge >= 0.3 is 0 Å². The zero-order valence-electron chi connectivity index (χ0n) is 11.5. The fraction of sp³-hybridized carbons (Fsp3) is 0.267. The Morgan fingerprint density at radius 3 is 2.53 bits per heavy atom. The van der Waals surface area contributed by atoms with Crippen LogP contribution in [-0.2, 0) is 0 Å². The van der Waals surface area contributed by atoms with Crippen LogP contribution in [0.2, 0.25) is 0 Å². The van der Waals surface area contributed by atoms with Crippen molar-refractivity contribution in [3.05, 3.63) is 35.2 Å². The first kappa shape index (κ1) is 13.2. The van der Waals surface area contributed by atoms with E-state index in [1.165, 1.54) is 0 Å². The minimum Gasteiger partial charge on any atom is -0.508 e. The van der Waals surface area contributed by atoms with Gasteiger partial charge in [0.05, 0.1) is 7.11 Å². The number of aromatic hydroxyl groups is 1. The molecule has 100 valence electrons. The Morgan fingerprint density at radius 1 is 1.26 bits per heavy atom. The Labute approximate surface area is 112 Å². The van der Waals surface area contributed by atoms with Crippen LogP contribution in [0.25, 0.3) is 11.1 Å². The van der Waals surface area contributed by atoms with E-state index in [0.717, 1.165) is 22.5 Å². The first-order valence-electron chi connectivity index (χ1n) is 6.03. The molecular formula is C15H17NO3. The summed E-state index contributed by atoms with van der Waals surface area (Å²) in [5, 5.41) is 9.51. The molecule has 0 unspecified atom stereocenters. The average Bonchev–Trinajstić information content (AvgIpc) is 2.64. The third kappa shape index (κ3) is 2.21. The molecule has 0 aliphatic heterocycles. The van der Waals surface area contributed by atoms with Gasteiger partial charge in [-0.25, -0.2) is 0 Å². The number of aryl methyl sites for hydroxylation is 2. The normalized spacial score (nSPS) is 10.5. The van der Waals surface area contributed by atoms with E-state index >= 15 is 0 Å². The highest BCUT2D eigenvalue weighted by atomic mass is 16.5. The molecule has 4 heteroatoms. The van der Waals surface area contributed by atoms with E-state index < -0.39 is 0 Å². The fourth-order valence-electron chi connectivity index (χ4n) is 2.44. The smallest absolute Gasteiger partial charge is 0.162 e. The number of phenolic OH excluding ortho intramolecular Hbond substituents is 1. The zero-order chi connectivity index (χ0) is 14.2. The number of phenols is 1. The number of hydrogen-bond acceptors (Lipinski definition) is 3. The number of ether oxygens (including phenoxy) is 1. The number of hydrogen-bond donors (Lipinski definition) is 2. The fourth-order valence-corrected chi connectivity index (χ4v) is 2.44. The van der Waals surface area contributed by atoms with E-state index in [4.69, 9.17) is 4.74 Å². The molecule has 4 nitrogen and oxygen atoms in total. The van der Waals surface area contributed by atoms with E-state index in [-0.39, 0.29) is 11.5 Å². The molecule has 2 N–H and O–H groups in total. The highest BCUT2D eigenvalue weighted by Gasteiger charge is 2.20. The number of nitrogens with one attached hydrogen (secondary N) is 1. The second kappa shape index (κ2) is 4.80. The summed E-state index contributed by atoms with van der Waals surface area (Å²) in [6, 6.07) is 4.89. The quantitative estimate of drug-likeness (QED) is 0.832. The van der Waals surface area contributed by atoms with Crippen molar-refractivity contribution in [2.24, 2.45) is 0 Å². The van der Waals surface area contributed by atoms with E-state index in [9.17, 15) is 9.90 Å². The van der Waals surface area contributed by atoms with E-state index in [1.807, 2.05) is 13.8 Å². The van der Waals surface area contributed by atoms with Gasteiger partial charge in [0, 0.05) is 34.1 Å². The van der Waals surface area contributed by atoms with Crippen LogP contribution < -0.4 is 4.74 Å². The van der Waals surface area contributed by atoms with E-state index in [1.54, 1.807) is 32.2 Å². The Bertz CT molecular complexity index is 641. The lowest BCUT2D eigenvalue weighted by Crippen LogP contribution is -1.97. The summed E-state index contributed by atoms with van der Waals surface area (Å²) in [4.78, 5) is 15.0. The summed E-state index contributed by atoms with van der Waals surface area (Å²) >= 11 is 0. The Balaban J connectivity index is 2.75. The van der Waals surface area contributed by atoms with Crippen LogP contribution in [0, 0.1) is 13.8 Å². The van der Waals surface area contributed by atoms with E-state index in [0.29, 0.717) is 11.3 Å². The maximum absolute atomic E-state index is 11.8. The number of rotatable bonds is 3. The van der Waals surface area contributed by atoms with Crippen molar-refractivity contribution in [1.82, 2.24) is 4.98 Å². The third-order valence-corrected chi connectivity index (χ3v) is 3.18. The second-order valence-corrected chi connectivity index (χ2v) is 4.57. The number of carbonyl (C=O) groups is 1. The molecule has 0 atom stereocenters. The van der Waals surface area contributed by atoms with E-state index in [2.05, 4.69) is 4.98 Å². The van der Waals surface area contributed by atoms with Gasteiger partial charge in [0.25, 0.3) is 0 Å². The molecule has 1 aromatic heterocycles. The first-order chi connectivity index (χ1) is 8.95. The molecule has 2 aromatic rings. The molecular weight excluding hydrogens is 242 g/mol. The van der Waals surface area contributed by atoms with Gasteiger partial charge in [0.15, 0.2) is 5.78 Å². The summed E-state index contributed by atoms with van der Waals surface area (Å²) in [7, 11) is 1.54. The van der Waals surface area contributed by atoms with Crippen molar-refractivity contribution in [2.45, 2.75) is 20.8 Å². The number of carbonyl (C=O) groups excluding carboxylic acids is 1. The highest BCUT2D eigenvalue weighted by Crippen LogP contribution is 2.38. The van der Waals surface area contributed by atoms with Crippen molar-refractivity contribution >= 4 is 5.78 Å². The molecule has 1 aromatic carbocycles. The van der Waals surface area contributed by atoms with Crippen LogP contribution in [-0.4, -0.2) is 23.0 Å². The maximum atomic E-state index is 11.8. The predicted molar refractivity (Wildman–Crippen MR) is 73.9 cm³/mol. The highest BCUT2D eigenvalue weighted by molar-refractivity contribution is 6.03. The molecule has 0 fully saturated rings. The van der Waals surface area contributed by atoms with Crippen molar-refractivity contribution in [3.63, 3.8) is 0 Å². The molecule has 0 amide bonds. The number of Topliss-reactive ketones (excluding diaryl/α,β-unsaturated/α-hetero) is 1. The SMILES string of the molecule is COc1cc(O)ccc1-c1c(C)[nH]c(C)c1C(C)=O. The Morgan fingerprint density at radius 2 is 1.95 bits per heavy atom. The number of methoxy groups -OCH3 is 1. The van der Waals surface area contributed by atoms with Crippen LogP contribution in [0.3, 0.4) is 0 Å². The lowest BCUT2D eigenvalue weighted by atomic mass is 9.97. The van der Waals surface area contributed by atoms with Crippen LogP contribution in [0.15, 0.2) is 18.2 Å². The molecule has 0 saturated carbocycles. The van der Waals surface area contributed by atoms with Gasteiger partial charge in [0.1, 0.15) is 11.5 Å². The standard InChI is InChI=1S/C15H17NO3/c1-8-14(10(3)17)15(9(2)16-8)12-6-5-11(18)7-13(12)19-4/h5-7,16,18H,1-4H3. The Hall–Kier alpha value is -2.23. The molecule has 2 rings (SSSR count). The molecule has 0 saturated heterocycles. The van der Waals surface area contributed by atoms with Crippen LogP contribution >= 0.6 is 0 Å². The number of ketones is 1. The monoisotopic (exact) mass is 259 g/mol. The van der Waals surface area contributed by atoms with Gasteiger partial charge in [-0.2, -0.15) is 0 Å². The number of benzene rings is 1. The predicted octanol–water partition coefficient (Wildman–Crippen LogP) is 3.22. The van der Waals surface area contributed by atoms with Gasteiger partial charge in [-0.1, -0.05) is 0 Å². The van der Waals surface area contributed by atoms with Crippen molar-refractivity contribution in [2.75, 3.05) is 7.11 Å². The second-order valence-electron chi connectivity index (χ2n) is 4.57. The first-order valence-corrected chi connectivity index (χ1v) is 6.03. The summed E-state index contributed by atoms with van der Waals surface area (Å²) < 4.78 is 5.29. The summed E-state index contributed by atoms with van der Waals surface area (Å²) in [5.74, 6) is 0.687. The summed E-state index contributed by atoms with van der Waals surface area (Å²) in [6.07, 6.45) is 0. The summed E-state index contributed by atoms with van der Waals surface area (Å²) in [6.45, 7) is 5.34. The topological polar surface area (TPSA) is 62.3 Å². The number of aromatic nitrogens is 1. The van der Waals surface area contributed by atoms with Crippen LogP contribution in [0.4, 0.5) is 0 Å². The zero-order valence-corrected chi connectivity index (χ0v) is 11.5. The van der Waals surface area contributed by atoms with Crippen LogP contribution in [0.5, 0.6) is 11.5 Å². The van der Waals surface area contributed by atoms with Crippen LogP contribution in [0.1, 0.15) is 28.7 Å². The molecule has 1 heterocycles. The maximum Gasteiger partial charge on any atom is 0.162 e. The van der Waals surface area contributed by atoms with Gasteiger partial charge in [-0.3, -0.25) is 4.79 Å². The molecule has 19 heavy (non-hydrogen) atoms. The average molecular weight is 259 g/mol. The van der Waals surface area contributed by atoms with Gasteiger partial charge in [-0.15, -0.1) is 0 Å². The molecule has 0 spiro atoms. The number of H-pyrrole nitrogens is 1. The van der Waals surface area contributed by atoms with Gasteiger partial charge in [0.2, 0.25) is 0 Å². The number of aromatic amines is 1. The summed E-state index contributed by atoms with van der Waals surface area (Å²) in [5.41, 5.74) is 4.05. The molecule has 0 aliphatic carbocycles. The Kier molecular flexibility index (Phi) is 3.34. The van der Waals surface area contributed by atoms with Crippen molar-refractivity contribution < 1.29 is 14.6 Å². The molecule has 0 bridgehead atoms. The molecule has 0 aliphatic rings.